The fourth-order valence-corrected chi connectivity index (χ4v) is 2.81. The van der Waals surface area contributed by atoms with Crippen molar-refractivity contribution in [2.45, 2.75) is 20.8 Å². The Hall–Kier alpha value is -1.36. The number of pyridine rings is 1. The Morgan fingerprint density at radius 1 is 1.10 bits per heavy atom. The number of anilines is 2. The number of nitrogens with two attached hydrogens (primary N) is 1. The lowest BCUT2D eigenvalue weighted by molar-refractivity contribution is 1.12. The van der Waals surface area contributed by atoms with Gasteiger partial charge in [0.05, 0.1) is 22.0 Å². The Morgan fingerprint density at radius 2 is 1.76 bits per heavy atom. The van der Waals surface area contributed by atoms with Gasteiger partial charge in [0.2, 0.25) is 0 Å². The third-order valence-electron chi connectivity index (χ3n) is 3.09. The molecule has 0 aliphatic rings. The average molecular weight is 340 g/mol. The van der Waals surface area contributed by atoms with Crippen LogP contribution in [-0.4, -0.2) is 9.97 Å². The molecule has 0 unspecified atom stereocenters. The molecule has 2 aromatic rings. The largest absolute Gasteiger partial charge is 0.389 e. The first kappa shape index (κ1) is 16.0. The molecule has 110 valence electrons. The van der Waals surface area contributed by atoms with E-state index in [1.807, 2.05) is 32.9 Å². The lowest BCUT2D eigenvalue weighted by Gasteiger charge is -2.16. The average Bonchev–Trinajstić information content (AvgIpc) is 2.34. The molecule has 0 aliphatic heterocycles. The number of aryl methyl sites for hydroxylation is 3. The molecule has 0 saturated heterocycles. The second kappa shape index (κ2) is 6.18. The van der Waals surface area contributed by atoms with Crippen molar-refractivity contribution in [1.82, 2.24) is 4.98 Å². The summed E-state index contributed by atoms with van der Waals surface area (Å²) < 4.78 is 0. The number of rotatable bonds is 3. The number of thiocarbonyl (C=S) groups is 1. The van der Waals surface area contributed by atoms with Crippen molar-refractivity contribution in [3.8, 4) is 0 Å². The smallest absolute Gasteiger partial charge is 0.107 e. The van der Waals surface area contributed by atoms with Gasteiger partial charge in [0.25, 0.3) is 0 Å². The molecular formula is C15H15Cl2N3S. The number of nitrogens with zero attached hydrogens (tertiary/aromatic N) is 1. The third kappa shape index (κ3) is 3.46. The van der Waals surface area contributed by atoms with E-state index < -0.39 is 0 Å². The van der Waals surface area contributed by atoms with Crippen molar-refractivity contribution in [3.05, 3.63) is 50.8 Å². The molecule has 0 bridgehead atoms. The highest BCUT2D eigenvalue weighted by Crippen LogP contribution is 2.32. The third-order valence-corrected chi connectivity index (χ3v) is 4.02. The maximum atomic E-state index is 6.26. The van der Waals surface area contributed by atoms with Gasteiger partial charge in [-0.3, -0.25) is 4.98 Å². The van der Waals surface area contributed by atoms with Gasteiger partial charge in [-0.1, -0.05) is 35.4 Å². The summed E-state index contributed by atoms with van der Waals surface area (Å²) >= 11 is 17.5. The van der Waals surface area contributed by atoms with Crippen molar-refractivity contribution >= 4 is 51.8 Å². The standard InChI is InChI=1S/C15H15Cl2N3S/c1-7-4-11(17)12(6-10(7)16)20-13-5-8(2)19-9(3)14(13)15(18)21/h4-6H,1-3H3,(H2,18,21)(H,19,20). The van der Waals surface area contributed by atoms with Crippen molar-refractivity contribution < 1.29 is 0 Å². The van der Waals surface area contributed by atoms with Crippen molar-refractivity contribution in [2.75, 3.05) is 5.32 Å². The molecule has 0 amide bonds. The summed E-state index contributed by atoms with van der Waals surface area (Å²) in [5, 5.41) is 4.47. The minimum Gasteiger partial charge on any atom is -0.389 e. The first-order valence-electron chi connectivity index (χ1n) is 6.30. The van der Waals surface area contributed by atoms with E-state index in [0.29, 0.717) is 21.3 Å². The first-order chi connectivity index (χ1) is 9.79. The molecule has 0 saturated carbocycles. The van der Waals surface area contributed by atoms with Gasteiger partial charge in [-0.15, -0.1) is 0 Å². The maximum Gasteiger partial charge on any atom is 0.107 e. The second-order valence-corrected chi connectivity index (χ2v) is 6.10. The maximum absolute atomic E-state index is 6.26. The fraction of sp³-hybridized carbons (Fsp3) is 0.200. The summed E-state index contributed by atoms with van der Waals surface area (Å²) in [5.74, 6) is 0. The first-order valence-corrected chi connectivity index (χ1v) is 7.46. The number of benzene rings is 1. The Labute approximate surface area is 139 Å². The Morgan fingerprint density at radius 3 is 2.38 bits per heavy atom. The van der Waals surface area contributed by atoms with Crippen LogP contribution < -0.4 is 11.1 Å². The minimum absolute atomic E-state index is 0.289. The van der Waals surface area contributed by atoms with Crippen molar-refractivity contribution in [1.29, 1.82) is 0 Å². The van der Waals surface area contributed by atoms with Crippen LogP contribution in [0.4, 0.5) is 11.4 Å². The molecule has 3 nitrogen and oxygen atoms in total. The zero-order valence-corrected chi connectivity index (χ0v) is 14.2. The molecule has 0 fully saturated rings. The van der Waals surface area contributed by atoms with Gasteiger partial charge in [-0.05, 0) is 44.5 Å². The molecule has 21 heavy (non-hydrogen) atoms. The molecule has 3 N–H and O–H groups in total. The molecule has 2 rings (SSSR count). The number of halogens is 2. The lowest BCUT2D eigenvalue weighted by Crippen LogP contribution is -2.15. The predicted octanol–water partition coefficient (Wildman–Crippen LogP) is 4.69. The summed E-state index contributed by atoms with van der Waals surface area (Å²) in [6, 6.07) is 5.48. The predicted molar refractivity (Wildman–Crippen MR) is 94.1 cm³/mol. The monoisotopic (exact) mass is 339 g/mol. The Balaban J connectivity index is 2.54. The molecule has 6 heteroatoms. The van der Waals surface area contributed by atoms with Gasteiger partial charge in [0.15, 0.2) is 0 Å². The molecule has 1 aromatic heterocycles. The van der Waals surface area contributed by atoms with E-state index in [-0.39, 0.29) is 4.99 Å². The minimum atomic E-state index is 0.289. The Bertz CT molecular complexity index is 729. The number of hydrogen-bond donors (Lipinski definition) is 2. The van der Waals surface area contributed by atoms with E-state index in [0.717, 1.165) is 22.6 Å². The van der Waals surface area contributed by atoms with E-state index in [2.05, 4.69) is 10.3 Å². The van der Waals surface area contributed by atoms with Crippen LogP contribution in [0.5, 0.6) is 0 Å². The molecule has 0 spiro atoms. The van der Waals surface area contributed by atoms with Crippen LogP contribution in [0.15, 0.2) is 18.2 Å². The van der Waals surface area contributed by atoms with Gasteiger partial charge in [-0.25, -0.2) is 0 Å². The summed E-state index contributed by atoms with van der Waals surface area (Å²) in [6.45, 7) is 5.68. The highest BCUT2D eigenvalue weighted by molar-refractivity contribution is 7.80. The fourth-order valence-electron chi connectivity index (χ4n) is 2.13. The molecular weight excluding hydrogens is 325 g/mol. The van der Waals surface area contributed by atoms with Crippen LogP contribution >= 0.6 is 35.4 Å². The topological polar surface area (TPSA) is 50.9 Å². The van der Waals surface area contributed by atoms with E-state index >= 15 is 0 Å². The van der Waals surface area contributed by atoms with Crippen LogP contribution in [0, 0.1) is 20.8 Å². The van der Waals surface area contributed by atoms with Crippen molar-refractivity contribution in [3.63, 3.8) is 0 Å². The number of hydrogen-bond acceptors (Lipinski definition) is 3. The zero-order valence-electron chi connectivity index (χ0n) is 11.9. The van der Waals surface area contributed by atoms with Gasteiger partial charge >= 0.3 is 0 Å². The number of nitrogens with one attached hydrogen (secondary N) is 1. The molecule has 0 radical (unpaired) electrons. The molecule has 0 aliphatic carbocycles. The second-order valence-electron chi connectivity index (χ2n) is 4.84. The normalized spacial score (nSPS) is 10.5. The van der Waals surface area contributed by atoms with Gasteiger partial charge in [0, 0.05) is 16.4 Å². The molecule has 1 aromatic carbocycles. The van der Waals surface area contributed by atoms with Crippen LogP contribution in [0.1, 0.15) is 22.5 Å². The van der Waals surface area contributed by atoms with Gasteiger partial charge in [-0.2, -0.15) is 0 Å². The van der Waals surface area contributed by atoms with E-state index in [9.17, 15) is 0 Å². The molecule has 0 atom stereocenters. The van der Waals surface area contributed by atoms with Crippen LogP contribution in [0.3, 0.4) is 0 Å². The van der Waals surface area contributed by atoms with Gasteiger partial charge < -0.3 is 11.1 Å². The van der Waals surface area contributed by atoms with Crippen molar-refractivity contribution in [2.24, 2.45) is 5.73 Å². The highest BCUT2D eigenvalue weighted by atomic mass is 35.5. The summed E-state index contributed by atoms with van der Waals surface area (Å²) in [6.07, 6.45) is 0. The summed E-state index contributed by atoms with van der Waals surface area (Å²) in [5.41, 5.74) is 10.6. The van der Waals surface area contributed by atoms with E-state index in [1.54, 1.807) is 6.07 Å². The lowest BCUT2D eigenvalue weighted by atomic mass is 10.1. The van der Waals surface area contributed by atoms with Crippen LogP contribution in [-0.2, 0) is 0 Å². The summed E-state index contributed by atoms with van der Waals surface area (Å²) in [7, 11) is 0. The summed E-state index contributed by atoms with van der Waals surface area (Å²) in [4.78, 5) is 4.67. The zero-order chi connectivity index (χ0) is 15.7. The highest BCUT2D eigenvalue weighted by Gasteiger charge is 2.13. The van der Waals surface area contributed by atoms with Gasteiger partial charge in [0.1, 0.15) is 4.99 Å². The SMILES string of the molecule is Cc1cc(Nc2cc(Cl)c(C)cc2Cl)c(C(N)=S)c(C)n1. The van der Waals surface area contributed by atoms with Crippen LogP contribution in [0.2, 0.25) is 10.0 Å². The molecule has 1 heterocycles. The quantitative estimate of drug-likeness (QED) is 0.796. The van der Waals surface area contributed by atoms with Crippen LogP contribution in [0.25, 0.3) is 0 Å². The number of aromatic nitrogens is 1. The van der Waals surface area contributed by atoms with E-state index in [1.165, 1.54) is 0 Å². The Kier molecular flexibility index (Phi) is 4.71. The van der Waals surface area contributed by atoms with E-state index in [4.69, 9.17) is 41.2 Å².